The first-order valence-electron chi connectivity index (χ1n) is 5.76. The molecule has 0 aliphatic rings. The molecule has 0 aromatic heterocycles. The van der Waals surface area contributed by atoms with Crippen molar-refractivity contribution >= 4 is 33.2 Å². The van der Waals surface area contributed by atoms with Crippen LogP contribution in [0.1, 0.15) is 12.5 Å². The van der Waals surface area contributed by atoms with Crippen molar-refractivity contribution in [2.24, 2.45) is 11.7 Å². The SMILES string of the molecule is CC(CCl)CS(=O)(=O)Nc1ccccc1CC(N)=O. The molecule has 1 amide bonds. The zero-order valence-corrected chi connectivity index (χ0v) is 12.2. The van der Waals surface area contributed by atoms with Crippen LogP contribution in [0.15, 0.2) is 24.3 Å². The molecule has 106 valence electrons. The monoisotopic (exact) mass is 304 g/mol. The van der Waals surface area contributed by atoms with Crippen LogP contribution in [0.3, 0.4) is 0 Å². The fourth-order valence-corrected chi connectivity index (χ4v) is 3.31. The Balaban J connectivity index is 2.90. The number of amides is 1. The number of nitrogens with two attached hydrogens (primary N) is 1. The van der Waals surface area contributed by atoms with Gasteiger partial charge < -0.3 is 5.73 Å². The van der Waals surface area contributed by atoms with Gasteiger partial charge in [-0.15, -0.1) is 11.6 Å². The van der Waals surface area contributed by atoms with Crippen molar-refractivity contribution in [3.8, 4) is 0 Å². The van der Waals surface area contributed by atoms with E-state index in [0.717, 1.165) is 0 Å². The fraction of sp³-hybridized carbons (Fsp3) is 0.417. The van der Waals surface area contributed by atoms with E-state index in [1.54, 1.807) is 31.2 Å². The van der Waals surface area contributed by atoms with Gasteiger partial charge in [0, 0.05) is 5.88 Å². The Bertz CT molecular complexity index is 546. The second kappa shape index (κ2) is 6.77. The highest BCUT2D eigenvalue weighted by atomic mass is 35.5. The van der Waals surface area contributed by atoms with Crippen LogP contribution in [0.25, 0.3) is 0 Å². The van der Waals surface area contributed by atoms with Gasteiger partial charge in [0.05, 0.1) is 17.9 Å². The summed E-state index contributed by atoms with van der Waals surface area (Å²) in [7, 11) is -3.49. The summed E-state index contributed by atoms with van der Waals surface area (Å²) >= 11 is 5.61. The molecule has 1 aromatic rings. The van der Waals surface area contributed by atoms with Crippen LogP contribution >= 0.6 is 11.6 Å². The first-order chi connectivity index (χ1) is 8.84. The Hall–Kier alpha value is -1.27. The minimum Gasteiger partial charge on any atom is -0.369 e. The number of sulfonamides is 1. The number of benzene rings is 1. The van der Waals surface area contributed by atoms with Gasteiger partial charge in [0.1, 0.15) is 0 Å². The molecule has 1 rings (SSSR count). The van der Waals surface area contributed by atoms with Gasteiger partial charge in [0.25, 0.3) is 0 Å². The number of hydrogen-bond donors (Lipinski definition) is 2. The highest BCUT2D eigenvalue weighted by Gasteiger charge is 2.17. The Morgan fingerprint density at radius 3 is 2.63 bits per heavy atom. The lowest BCUT2D eigenvalue weighted by molar-refractivity contribution is -0.117. The molecule has 1 aromatic carbocycles. The Morgan fingerprint density at radius 1 is 1.42 bits per heavy atom. The molecular formula is C12H17ClN2O3S. The molecule has 0 aliphatic carbocycles. The van der Waals surface area contributed by atoms with Gasteiger partial charge in [-0.05, 0) is 17.5 Å². The average Bonchev–Trinajstić information content (AvgIpc) is 2.30. The van der Waals surface area contributed by atoms with Gasteiger partial charge in [0.2, 0.25) is 15.9 Å². The van der Waals surface area contributed by atoms with Crippen LogP contribution in [0.2, 0.25) is 0 Å². The zero-order valence-electron chi connectivity index (χ0n) is 10.6. The van der Waals surface area contributed by atoms with Crippen molar-refractivity contribution in [2.75, 3.05) is 16.4 Å². The number of hydrogen-bond acceptors (Lipinski definition) is 3. The normalized spacial score (nSPS) is 12.9. The van der Waals surface area contributed by atoms with E-state index >= 15 is 0 Å². The standard InChI is InChI=1S/C12H17ClN2O3S/c1-9(7-13)8-19(17,18)15-11-5-3-2-4-10(11)6-12(14)16/h2-5,9,15H,6-8H2,1H3,(H2,14,16). The van der Waals surface area contributed by atoms with Gasteiger partial charge in [-0.3, -0.25) is 9.52 Å². The molecule has 19 heavy (non-hydrogen) atoms. The maximum atomic E-state index is 11.9. The second-order valence-corrected chi connectivity index (χ2v) is 6.52. The largest absolute Gasteiger partial charge is 0.369 e. The molecule has 0 saturated heterocycles. The number of para-hydroxylation sites is 1. The Labute approximate surface area is 118 Å². The summed E-state index contributed by atoms with van der Waals surface area (Å²) in [4.78, 5) is 10.9. The molecule has 0 bridgehead atoms. The van der Waals surface area contributed by atoms with Gasteiger partial charge in [-0.2, -0.15) is 0 Å². The molecule has 0 saturated carbocycles. The molecule has 0 aliphatic heterocycles. The number of carbonyl (C=O) groups is 1. The van der Waals surface area contributed by atoms with Crippen LogP contribution in [0, 0.1) is 5.92 Å². The van der Waals surface area contributed by atoms with E-state index in [1.807, 2.05) is 0 Å². The van der Waals surface area contributed by atoms with Crippen LogP contribution < -0.4 is 10.5 Å². The number of halogens is 1. The molecule has 5 nitrogen and oxygen atoms in total. The van der Waals surface area contributed by atoms with Crippen molar-refractivity contribution in [3.63, 3.8) is 0 Å². The minimum atomic E-state index is -3.49. The third kappa shape index (κ3) is 5.48. The van der Waals surface area contributed by atoms with E-state index in [0.29, 0.717) is 11.3 Å². The van der Waals surface area contributed by atoms with E-state index in [9.17, 15) is 13.2 Å². The maximum absolute atomic E-state index is 11.9. The molecule has 0 radical (unpaired) electrons. The van der Waals surface area contributed by atoms with Crippen molar-refractivity contribution in [2.45, 2.75) is 13.3 Å². The summed E-state index contributed by atoms with van der Waals surface area (Å²) in [5.41, 5.74) is 6.06. The number of primary amides is 1. The molecule has 0 heterocycles. The molecule has 1 unspecified atom stereocenters. The van der Waals surface area contributed by atoms with E-state index in [-0.39, 0.29) is 24.0 Å². The predicted molar refractivity (Wildman–Crippen MR) is 76.6 cm³/mol. The smallest absolute Gasteiger partial charge is 0.233 e. The third-order valence-corrected chi connectivity index (χ3v) is 4.48. The first kappa shape index (κ1) is 15.8. The van der Waals surface area contributed by atoms with Crippen molar-refractivity contribution in [1.29, 1.82) is 0 Å². The van der Waals surface area contributed by atoms with E-state index in [2.05, 4.69) is 4.72 Å². The topological polar surface area (TPSA) is 89.3 Å². The van der Waals surface area contributed by atoms with Crippen LogP contribution in [0.5, 0.6) is 0 Å². The lowest BCUT2D eigenvalue weighted by Gasteiger charge is -2.13. The summed E-state index contributed by atoms with van der Waals surface area (Å²) in [6, 6.07) is 6.67. The second-order valence-electron chi connectivity index (χ2n) is 4.44. The Morgan fingerprint density at radius 2 is 2.05 bits per heavy atom. The van der Waals surface area contributed by atoms with Gasteiger partial charge >= 0.3 is 0 Å². The minimum absolute atomic E-state index is 0.0102. The predicted octanol–water partition coefficient (Wildman–Crippen LogP) is 1.33. The molecule has 7 heteroatoms. The highest BCUT2D eigenvalue weighted by molar-refractivity contribution is 7.92. The average molecular weight is 305 g/mol. The van der Waals surface area contributed by atoms with Crippen molar-refractivity contribution < 1.29 is 13.2 Å². The quantitative estimate of drug-likeness (QED) is 0.745. The van der Waals surface area contributed by atoms with Gasteiger partial charge in [-0.1, -0.05) is 25.1 Å². The van der Waals surface area contributed by atoms with Crippen LogP contribution in [-0.4, -0.2) is 26.0 Å². The summed E-state index contributed by atoms with van der Waals surface area (Å²) in [6.45, 7) is 1.75. The molecule has 0 fully saturated rings. The molecule has 1 atom stereocenters. The number of alkyl halides is 1. The van der Waals surface area contributed by atoms with E-state index in [1.165, 1.54) is 0 Å². The van der Waals surface area contributed by atoms with Crippen LogP contribution in [-0.2, 0) is 21.2 Å². The number of carbonyl (C=O) groups excluding carboxylic acids is 1. The number of anilines is 1. The van der Waals surface area contributed by atoms with Crippen molar-refractivity contribution in [3.05, 3.63) is 29.8 Å². The molecular weight excluding hydrogens is 288 g/mol. The first-order valence-corrected chi connectivity index (χ1v) is 7.95. The number of rotatable bonds is 7. The summed E-state index contributed by atoms with van der Waals surface area (Å²) < 4.78 is 26.3. The summed E-state index contributed by atoms with van der Waals surface area (Å²) in [5.74, 6) is -0.464. The van der Waals surface area contributed by atoms with Gasteiger partial charge in [0.15, 0.2) is 0 Å². The maximum Gasteiger partial charge on any atom is 0.233 e. The third-order valence-electron chi connectivity index (χ3n) is 2.41. The zero-order chi connectivity index (χ0) is 14.5. The van der Waals surface area contributed by atoms with Crippen LogP contribution in [0.4, 0.5) is 5.69 Å². The highest BCUT2D eigenvalue weighted by Crippen LogP contribution is 2.18. The fourth-order valence-electron chi connectivity index (χ4n) is 1.59. The van der Waals surface area contributed by atoms with E-state index < -0.39 is 15.9 Å². The summed E-state index contributed by atoms with van der Waals surface area (Å²) in [6.07, 6.45) is -0.0102. The molecule has 0 spiro atoms. The lowest BCUT2D eigenvalue weighted by Crippen LogP contribution is -2.23. The Kier molecular flexibility index (Phi) is 5.62. The van der Waals surface area contributed by atoms with Gasteiger partial charge in [-0.25, -0.2) is 8.42 Å². The van der Waals surface area contributed by atoms with Crippen molar-refractivity contribution in [1.82, 2.24) is 0 Å². The lowest BCUT2D eigenvalue weighted by atomic mass is 10.1. The van der Waals surface area contributed by atoms with E-state index in [4.69, 9.17) is 17.3 Å². The summed E-state index contributed by atoms with van der Waals surface area (Å²) in [5, 5.41) is 0. The molecule has 3 N–H and O–H groups in total. The number of nitrogens with one attached hydrogen (secondary N) is 1.